The Hall–Kier alpha value is -4.52. The predicted octanol–water partition coefficient (Wildman–Crippen LogP) is 4.44. The van der Waals surface area contributed by atoms with E-state index in [1.165, 1.54) is 6.92 Å². The number of aryl methyl sites for hydroxylation is 1. The Kier molecular flexibility index (Phi) is 5.09. The van der Waals surface area contributed by atoms with Crippen LogP contribution in [0.5, 0.6) is 0 Å². The molecule has 1 aliphatic rings. The number of H-pyrrole nitrogens is 1. The highest BCUT2D eigenvalue weighted by Gasteiger charge is 2.32. The van der Waals surface area contributed by atoms with Crippen molar-refractivity contribution in [3.8, 4) is 0 Å². The van der Waals surface area contributed by atoms with Crippen LogP contribution >= 0.6 is 0 Å². The zero-order chi connectivity index (χ0) is 24.0. The van der Waals surface area contributed by atoms with Gasteiger partial charge in [-0.05, 0) is 26.0 Å². The van der Waals surface area contributed by atoms with Crippen LogP contribution in [0.2, 0.25) is 0 Å². The molecule has 0 bridgehead atoms. The summed E-state index contributed by atoms with van der Waals surface area (Å²) in [6, 6.07) is 18.6. The average molecular weight is 452 g/mol. The highest BCUT2D eigenvalue weighted by atomic mass is 16.5. The first kappa shape index (κ1) is 21.3. The summed E-state index contributed by atoms with van der Waals surface area (Å²) in [4.78, 5) is 54.9. The molecule has 1 unspecified atom stereocenters. The summed E-state index contributed by atoms with van der Waals surface area (Å²) in [5.41, 5.74) is 2.97. The van der Waals surface area contributed by atoms with Gasteiger partial charge in [0.1, 0.15) is 0 Å². The van der Waals surface area contributed by atoms with E-state index in [0.29, 0.717) is 22.2 Å². The standard InChI is InChI=1S/C27H20N2O5/c1-14-22(18-10-5-6-12-20(18)28-14)27(33)34-15(2)26(32)29-21-13-7-11-19-23(21)25(31)17-9-4-3-8-16(17)24(19)30/h3-13,15,28H,1-2H3,(H,29,32). The smallest absolute Gasteiger partial charge is 0.341 e. The van der Waals surface area contributed by atoms with Crippen LogP contribution in [-0.2, 0) is 9.53 Å². The number of hydrogen-bond donors (Lipinski definition) is 2. The number of ether oxygens (including phenoxy) is 1. The van der Waals surface area contributed by atoms with Gasteiger partial charge in [-0.2, -0.15) is 0 Å². The molecule has 34 heavy (non-hydrogen) atoms. The minimum Gasteiger partial charge on any atom is -0.449 e. The van der Waals surface area contributed by atoms with E-state index in [2.05, 4.69) is 10.3 Å². The van der Waals surface area contributed by atoms with Gasteiger partial charge in [0.25, 0.3) is 5.91 Å². The number of ketones is 2. The van der Waals surface area contributed by atoms with Crippen molar-refractivity contribution < 1.29 is 23.9 Å². The van der Waals surface area contributed by atoms with Crippen LogP contribution in [0, 0.1) is 6.92 Å². The molecule has 0 saturated carbocycles. The molecular formula is C27H20N2O5. The number of carbonyl (C=O) groups is 4. The van der Waals surface area contributed by atoms with Crippen molar-refractivity contribution in [3.05, 3.63) is 100 Å². The van der Waals surface area contributed by atoms with Crippen LogP contribution in [0.15, 0.2) is 66.7 Å². The number of para-hydroxylation sites is 1. The molecule has 1 heterocycles. The predicted molar refractivity (Wildman–Crippen MR) is 126 cm³/mol. The molecule has 5 rings (SSSR count). The molecule has 0 radical (unpaired) electrons. The zero-order valence-electron chi connectivity index (χ0n) is 18.5. The summed E-state index contributed by atoms with van der Waals surface area (Å²) < 4.78 is 5.44. The first-order chi connectivity index (χ1) is 16.4. The summed E-state index contributed by atoms with van der Waals surface area (Å²) in [6.07, 6.45) is -1.14. The van der Waals surface area contributed by atoms with E-state index in [-0.39, 0.29) is 33.9 Å². The van der Waals surface area contributed by atoms with Gasteiger partial charge >= 0.3 is 5.97 Å². The maximum atomic E-state index is 13.1. The summed E-state index contributed by atoms with van der Waals surface area (Å²) in [5, 5.41) is 3.36. The summed E-state index contributed by atoms with van der Waals surface area (Å²) in [5.74, 6) is -1.87. The molecule has 1 atom stereocenters. The van der Waals surface area contributed by atoms with Crippen molar-refractivity contribution in [3.63, 3.8) is 0 Å². The Morgan fingerprint density at radius 2 is 1.50 bits per heavy atom. The number of fused-ring (bicyclic) bond motifs is 3. The molecule has 0 saturated heterocycles. The minimum atomic E-state index is -1.14. The van der Waals surface area contributed by atoms with Crippen LogP contribution in [0.25, 0.3) is 10.9 Å². The number of carbonyl (C=O) groups excluding carboxylic acids is 4. The molecule has 0 fully saturated rings. The van der Waals surface area contributed by atoms with Crippen molar-refractivity contribution >= 4 is 40.0 Å². The molecule has 2 N–H and O–H groups in total. The van der Waals surface area contributed by atoms with Gasteiger partial charge in [0.2, 0.25) is 0 Å². The van der Waals surface area contributed by atoms with Crippen LogP contribution in [-0.4, -0.2) is 34.5 Å². The Morgan fingerprint density at radius 1 is 0.853 bits per heavy atom. The van der Waals surface area contributed by atoms with Gasteiger partial charge in [0.05, 0.1) is 16.8 Å². The third-order valence-corrected chi connectivity index (χ3v) is 5.96. The molecule has 3 aromatic carbocycles. The maximum Gasteiger partial charge on any atom is 0.341 e. The first-order valence-corrected chi connectivity index (χ1v) is 10.8. The Bertz CT molecular complexity index is 1510. The van der Waals surface area contributed by atoms with Gasteiger partial charge in [-0.25, -0.2) is 4.79 Å². The van der Waals surface area contributed by atoms with E-state index in [4.69, 9.17) is 4.74 Å². The second-order valence-electron chi connectivity index (χ2n) is 8.14. The van der Waals surface area contributed by atoms with Crippen molar-refractivity contribution in [1.82, 2.24) is 4.98 Å². The third kappa shape index (κ3) is 3.38. The van der Waals surface area contributed by atoms with Crippen LogP contribution in [0.3, 0.4) is 0 Å². The van der Waals surface area contributed by atoms with E-state index in [1.807, 2.05) is 18.2 Å². The van der Waals surface area contributed by atoms with E-state index in [9.17, 15) is 19.2 Å². The van der Waals surface area contributed by atoms with Gasteiger partial charge in [0.15, 0.2) is 17.7 Å². The monoisotopic (exact) mass is 452 g/mol. The van der Waals surface area contributed by atoms with E-state index < -0.39 is 18.0 Å². The highest BCUT2D eigenvalue weighted by Crippen LogP contribution is 2.32. The molecule has 1 aliphatic carbocycles. The zero-order valence-corrected chi connectivity index (χ0v) is 18.5. The number of aromatic nitrogens is 1. The number of amides is 1. The van der Waals surface area contributed by atoms with Crippen LogP contribution < -0.4 is 5.32 Å². The quantitative estimate of drug-likeness (QED) is 0.392. The molecule has 1 aromatic heterocycles. The number of aromatic amines is 1. The molecule has 7 heteroatoms. The molecule has 0 spiro atoms. The Balaban J connectivity index is 1.39. The highest BCUT2D eigenvalue weighted by molar-refractivity contribution is 6.30. The fourth-order valence-electron chi connectivity index (χ4n) is 4.30. The number of esters is 1. The third-order valence-electron chi connectivity index (χ3n) is 5.96. The normalized spacial score (nSPS) is 13.2. The lowest BCUT2D eigenvalue weighted by Gasteiger charge is -2.21. The minimum absolute atomic E-state index is 0.130. The summed E-state index contributed by atoms with van der Waals surface area (Å²) in [7, 11) is 0. The van der Waals surface area contributed by atoms with Gasteiger partial charge in [-0.3, -0.25) is 14.4 Å². The number of anilines is 1. The van der Waals surface area contributed by atoms with Gasteiger partial charge in [-0.15, -0.1) is 0 Å². The summed E-state index contributed by atoms with van der Waals surface area (Å²) >= 11 is 0. The fraction of sp³-hybridized carbons (Fsp3) is 0.111. The van der Waals surface area contributed by atoms with Crippen molar-refractivity contribution in [1.29, 1.82) is 0 Å². The van der Waals surface area contributed by atoms with E-state index >= 15 is 0 Å². The van der Waals surface area contributed by atoms with Crippen molar-refractivity contribution in [2.24, 2.45) is 0 Å². The van der Waals surface area contributed by atoms with Crippen LogP contribution in [0.1, 0.15) is 54.8 Å². The second-order valence-corrected chi connectivity index (χ2v) is 8.14. The SMILES string of the molecule is Cc1[nH]c2ccccc2c1C(=O)OC(C)C(=O)Nc1cccc2c1C(=O)c1ccccc1C2=O. The largest absolute Gasteiger partial charge is 0.449 e. The lowest BCUT2D eigenvalue weighted by Crippen LogP contribution is -2.31. The van der Waals surface area contributed by atoms with Gasteiger partial charge in [-0.1, -0.05) is 54.6 Å². The summed E-state index contributed by atoms with van der Waals surface area (Å²) in [6.45, 7) is 3.22. The molecular weight excluding hydrogens is 432 g/mol. The number of benzene rings is 3. The number of hydrogen-bond acceptors (Lipinski definition) is 5. The molecule has 1 amide bonds. The van der Waals surface area contributed by atoms with Crippen molar-refractivity contribution in [2.75, 3.05) is 5.32 Å². The molecule has 0 aliphatic heterocycles. The first-order valence-electron chi connectivity index (χ1n) is 10.8. The average Bonchev–Trinajstić information content (AvgIpc) is 3.18. The number of rotatable bonds is 4. The fourth-order valence-corrected chi connectivity index (χ4v) is 4.30. The molecule has 4 aromatic rings. The topological polar surface area (TPSA) is 105 Å². The number of nitrogens with one attached hydrogen (secondary N) is 2. The van der Waals surface area contributed by atoms with Gasteiger partial charge in [0, 0.05) is 33.3 Å². The van der Waals surface area contributed by atoms with E-state index in [0.717, 1.165) is 5.52 Å². The molecule has 168 valence electrons. The lowest BCUT2D eigenvalue weighted by atomic mass is 9.83. The van der Waals surface area contributed by atoms with E-state index in [1.54, 1.807) is 55.5 Å². The maximum absolute atomic E-state index is 13.1. The molecule has 7 nitrogen and oxygen atoms in total. The van der Waals surface area contributed by atoms with Gasteiger partial charge < -0.3 is 15.0 Å². The lowest BCUT2D eigenvalue weighted by molar-refractivity contribution is -0.123. The Labute approximate surface area is 194 Å². The second kappa shape index (κ2) is 8.12. The van der Waals surface area contributed by atoms with Crippen LogP contribution in [0.4, 0.5) is 5.69 Å². The van der Waals surface area contributed by atoms with Crippen molar-refractivity contribution in [2.45, 2.75) is 20.0 Å². The Morgan fingerprint density at radius 3 is 2.26 bits per heavy atom.